The molecular weight excluding hydrogens is 548 g/mol. The molecule has 7 nitrogen and oxygen atoms in total. The van der Waals surface area contributed by atoms with Gasteiger partial charge < -0.3 is 14.2 Å². The van der Waals surface area contributed by atoms with Gasteiger partial charge in [-0.3, -0.25) is 9.69 Å². The second kappa shape index (κ2) is 13.3. The topological polar surface area (TPSA) is 67.7 Å². The van der Waals surface area contributed by atoms with E-state index in [1.807, 2.05) is 73.2 Å². The average Bonchev–Trinajstić information content (AvgIpc) is 3.55. The van der Waals surface area contributed by atoms with Gasteiger partial charge in [-0.1, -0.05) is 127 Å². The highest BCUT2D eigenvalue weighted by molar-refractivity contribution is 5.83. The molecule has 0 spiro atoms. The molecule has 0 radical (unpaired) electrons. The first kappa shape index (κ1) is 28.7. The summed E-state index contributed by atoms with van der Waals surface area (Å²) in [6.07, 6.45) is 7.26. The summed E-state index contributed by atoms with van der Waals surface area (Å²) in [4.78, 5) is 33.4. The summed E-state index contributed by atoms with van der Waals surface area (Å²) in [7, 11) is 0. The van der Waals surface area contributed by atoms with E-state index in [4.69, 9.17) is 4.74 Å². The lowest BCUT2D eigenvalue weighted by atomic mass is 9.76. The van der Waals surface area contributed by atoms with Gasteiger partial charge in [-0.25, -0.2) is 9.78 Å². The van der Waals surface area contributed by atoms with Crippen molar-refractivity contribution in [2.24, 2.45) is 0 Å². The Morgan fingerprint density at radius 1 is 0.773 bits per heavy atom. The van der Waals surface area contributed by atoms with Crippen LogP contribution in [0.3, 0.4) is 0 Å². The van der Waals surface area contributed by atoms with Gasteiger partial charge in [0.1, 0.15) is 18.7 Å². The average molecular weight is 583 g/mol. The van der Waals surface area contributed by atoms with Crippen molar-refractivity contribution in [3.63, 3.8) is 0 Å². The van der Waals surface area contributed by atoms with E-state index in [0.29, 0.717) is 19.6 Å². The Morgan fingerprint density at radius 3 is 1.86 bits per heavy atom. The lowest BCUT2D eigenvalue weighted by Gasteiger charge is -2.38. The van der Waals surface area contributed by atoms with Gasteiger partial charge in [0.15, 0.2) is 0 Å². The highest BCUT2D eigenvalue weighted by atomic mass is 16.6. The molecule has 0 atom stereocenters. The zero-order valence-electron chi connectivity index (χ0n) is 24.4. The Kier molecular flexibility index (Phi) is 8.64. The Balaban J connectivity index is 1.22. The first-order chi connectivity index (χ1) is 21.7. The van der Waals surface area contributed by atoms with E-state index in [1.165, 1.54) is 4.90 Å². The molecule has 4 aromatic carbocycles. The Hall–Kier alpha value is -5.43. The van der Waals surface area contributed by atoms with E-state index >= 15 is 0 Å². The molecule has 6 rings (SSSR count). The number of rotatable bonds is 9. The van der Waals surface area contributed by atoms with Crippen LogP contribution in [0.25, 0.3) is 6.08 Å². The smallest absolute Gasteiger partial charge is 0.410 e. The maximum Gasteiger partial charge on any atom is 0.410 e. The van der Waals surface area contributed by atoms with Crippen molar-refractivity contribution in [3.05, 3.63) is 168 Å². The van der Waals surface area contributed by atoms with Crippen LogP contribution in [-0.2, 0) is 21.7 Å². The number of hydrogen-bond acceptors (Lipinski definition) is 4. The Bertz CT molecular complexity index is 1610. The van der Waals surface area contributed by atoms with Crippen molar-refractivity contribution in [1.82, 2.24) is 19.4 Å². The van der Waals surface area contributed by atoms with Crippen molar-refractivity contribution < 1.29 is 14.3 Å². The van der Waals surface area contributed by atoms with Crippen molar-refractivity contribution in [2.45, 2.75) is 12.1 Å². The quantitative estimate of drug-likeness (QED) is 0.194. The molecule has 0 unspecified atom stereocenters. The number of carbonyl (C=O) groups is 2. The molecule has 0 aliphatic carbocycles. The highest BCUT2D eigenvalue weighted by Gasteiger charge is 2.39. The number of benzene rings is 4. The summed E-state index contributed by atoms with van der Waals surface area (Å²) < 4.78 is 7.63. The van der Waals surface area contributed by atoms with Gasteiger partial charge in [0.25, 0.3) is 0 Å². The van der Waals surface area contributed by atoms with Gasteiger partial charge >= 0.3 is 6.09 Å². The number of aromatic nitrogens is 2. The fourth-order valence-electron chi connectivity index (χ4n) is 5.83. The van der Waals surface area contributed by atoms with Crippen molar-refractivity contribution in [3.8, 4) is 0 Å². The van der Waals surface area contributed by atoms with Crippen molar-refractivity contribution >= 4 is 18.1 Å². The predicted octanol–water partition coefficient (Wildman–Crippen LogP) is 6.22. The molecule has 1 aromatic heterocycles. The number of carbonyl (C=O) groups excluding carboxylic acids is 2. The first-order valence-corrected chi connectivity index (χ1v) is 14.8. The lowest BCUT2D eigenvalue weighted by molar-refractivity contribution is -0.134. The molecule has 1 fully saturated rings. The second-order valence-corrected chi connectivity index (χ2v) is 10.7. The molecule has 2 amide bonds. The molecule has 5 aromatic rings. The fraction of sp³-hybridized carbons (Fsp3) is 0.162. The van der Waals surface area contributed by atoms with Gasteiger partial charge in [-0.05, 0) is 28.3 Å². The molecule has 44 heavy (non-hydrogen) atoms. The zero-order valence-corrected chi connectivity index (χ0v) is 24.4. The molecule has 220 valence electrons. The van der Waals surface area contributed by atoms with Crippen LogP contribution in [0.4, 0.5) is 4.79 Å². The molecule has 1 saturated heterocycles. The van der Waals surface area contributed by atoms with Crippen LogP contribution in [-0.4, -0.2) is 57.5 Å². The number of amides is 2. The zero-order chi connectivity index (χ0) is 30.2. The van der Waals surface area contributed by atoms with E-state index in [1.54, 1.807) is 4.90 Å². The van der Waals surface area contributed by atoms with Gasteiger partial charge in [0.05, 0.1) is 18.2 Å². The van der Waals surface area contributed by atoms with Crippen LogP contribution < -0.4 is 0 Å². The highest BCUT2D eigenvalue weighted by Crippen LogP contribution is 2.41. The third-order valence-corrected chi connectivity index (χ3v) is 8.00. The third-order valence-electron chi connectivity index (χ3n) is 8.00. The summed E-state index contributed by atoms with van der Waals surface area (Å²) in [6, 6.07) is 40.9. The molecule has 0 saturated carbocycles. The van der Waals surface area contributed by atoms with E-state index in [0.717, 1.165) is 27.9 Å². The summed E-state index contributed by atoms with van der Waals surface area (Å²) in [5.74, 6) is -0.113. The summed E-state index contributed by atoms with van der Waals surface area (Å²) in [5.41, 5.74) is 4.45. The van der Waals surface area contributed by atoms with E-state index in [-0.39, 0.29) is 19.1 Å². The number of hydrogen-bond donors (Lipinski definition) is 0. The SMILES string of the molecule is O=C1CN(C(=O)OCc2ccccc2)CCN1CC=Cc1cncn1C(c1ccccc1)(c1ccccc1)c1ccccc1. The lowest BCUT2D eigenvalue weighted by Crippen LogP contribution is -2.52. The Morgan fingerprint density at radius 2 is 1.32 bits per heavy atom. The summed E-state index contributed by atoms with van der Waals surface area (Å²) >= 11 is 0. The van der Waals surface area contributed by atoms with Gasteiger partial charge in [-0.2, -0.15) is 0 Å². The van der Waals surface area contributed by atoms with Crippen LogP contribution in [0.1, 0.15) is 27.9 Å². The van der Waals surface area contributed by atoms with Crippen molar-refractivity contribution in [1.29, 1.82) is 0 Å². The molecule has 1 aliphatic rings. The van der Waals surface area contributed by atoms with Crippen LogP contribution in [0.2, 0.25) is 0 Å². The number of imidazole rings is 1. The van der Waals surface area contributed by atoms with Crippen LogP contribution in [0, 0.1) is 0 Å². The van der Waals surface area contributed by atoms with Crippen molar-refractivity contribution in [2.75, 3.05) is 26.2 Å². The predicted molar refractivity (Wildman–Crippen MR) is 171 cm³/mol. The van der Waals surface area contributed by atoms with Gasteiger partial charge in [-0.15, -0.1) is 0 Å². The number of nitrogens with zero attached hydrogens (tertiary/aromatic N) is 4. The maximum absolute atomic E-state index is 13.0. The van der Waals surface area contributed by atoms with E-state index in [9.17, 15) is 9.59 Å². The van der Waals surface area contributed by atoms with Crippen LogP contribution in [0.15, 0.2) is 140 Å². The standard InChI is InChI=1S/C37H34N4O3/c42-35-27-40(36(43)44-28-30-14-5-1-6-15-30)25-24-39(35)23-13-22-34-26-38-29-41(34)37(31-16-7-2-8-17-31,32-18-9-3-10-19-32)33-20-11-4-12-21-33/h1-22,26,29H,23-25,27-28H2. The Labute approximate surface area is 257 Å². The molecule has 0 N–H and O–H groups in total. The van der Waals surface area contributed by atoms with E-state index < -0.39 is 11.6 Å². The largest absolute Gasteiger partial charge is 0.445 e. The summed E-state index contributed by atoms with van der Waals surface area (Å²) in [5, 5.41) is 0. The molecule has 2 heterocycles. The normalized spacial score (nSPS) is 13.8. The fourth-order valence-corrected chi connectivity index (χ4v) is 5.83. The third kappa shape index (κ3) is 5.90. The molecule has 0 bridgehead atoms. The molecule has 7 heteroatoms. The minimum atomic E-state index is -0.679. The van der Waals surface area contributed by atoms with Gasteiger partial charge in [0.2, 0.25) is 5.91 Å². The number of ether oxygens (including phenoxy) is 1. The second-order valence-electron chi connectivity index (χ2n) is 10.7. The minimum absolute atomic E-state index is 0.00146. The molecular formula is C37H34N4O3. The number of piperazine rings is 1. The van der Waals surface area contributed by atoms with Crippen LogP contribution in [0.5, 0.6) is 0 Å². The van der Waals surface area contributed by atoms with Crippen LogP contribution >= 0.6 is 0 Å². The molecule has 1 aliphatic heterocycles. The first-order valence-electron chi connectivity index (χ1n) is 14.8. The van der Waals surface area contributed by atoms with E-state index in [2.05, 4.69) is 82.3 Å². The monoisotopic (exact) mass is 582 g/mol. The maximum atomic E-state index is 13.0. The summed E-state index contributed by atoms with van der Waals surface area (Å²) in [6.45, 7) is 1.46. The minimum Gasteiger partial charge on any atom is -0.445 e. The van der Waals surface area contributed by atoms with Gasteiger partial charge in [0, 0.05) is 19.6 Å².